The highest BCUT2D eigenvalue weighted by Gasteiger charge is 2.44. The largest absolute Gasteiger partial charge is 0.450 e. The summed E-state index contributed by atoms with van der Waals surface area (Å²) in [6.45, 7) is 4.72. The molecule has 3 atom stereocenters. The first-order valence-electron chi connectivity index (χ1n) is 13.9. The molecule has 2 saturated heterocycles. The summed E-state index contributed by atoms with van der Waals surface area (Å²) >= 11 is 0. The van der Waals surface area contributed by atoms with Crippen molar-refractivity contribution in [3.63, 3.8) is 0 Å². The molecule has 0 aliphatic carbocycles. The van der Waals surface area contributed by atoms with Gasteiger partial charge in [-0.3, -0.25) is 4.79 Å². The Morgan fingerprint density at radius 2 is 2.10 bits per heavy atom. The summed E-state index contributed by atoms with van der Waals surface area (Å²) < 4.78 is 26.5. The van der Waals surface area contributed by atoms with Crippen molar-refractivity contribution in [2.24, 2.45) is 5.92 Å². The van der Waals surface area contributed by atoms with Crippen LogP contribution >= 0.6 is 0 Å². The second kappa shape index (κ2) is 13.4. The van der Waals surface area contributed by atoms with Crippen LogP contribution in [0.25, 0.3) is 11.1 Å². The van der Waals surface area contributed by atoms with E-state index in [9.17, 15) is 14.7 Å². The second-order valence-corrected chi connectivity index (χ2v) is 10.3. The minimum atomic E-state index is -1.46. The number of hydrogen-bond acceptors (Lipinski definition) is 6. The third-order valence-electron chi connectivity index (χ3n) is 7.85. The van der Waals surface area contributed by atoms with Crippen molar-refractivity contribution in [2.45, 2.75) is 50.7 Å². The number of halogens is 1. The number of rotatable bonds is 9. The number of aryl methyl sites for hydroxylation is 1. The number of aliphatic hydroxyl groups is 1. The lowest BCUT2D eigenvalue weighted by atomic mass is 9.72. The minimum absolute atomic E-state index is 0.0905. The number of morpholine rings is 1. The van der Waals surface area contributed by atoms with Crippen molar-refractivity contribution in [1.82, 2.24) is 15.5 Å². The summed E-state index contributed by atoms with van der Waals surface area (Å²) in [5.74, 6) is -0.847. The lowest BCUT2D eigenvalue weighted by Crippen LogP contribution is -2.54. The topological polar surface area (TPSA) is 100 Å². The molecule has 2 heterocycles. The summed E-state index contributed by atoms with van der Waals surface area (Å²) in [6, 6.07) is 12.5. The maximum atomic E-state index is 15.6. The van der Waals surface area contributed by atoms with Crippen LogP contribution in [0.5, 0.6) is 0 Å². The number of alkyl carbamates (subject to hydrolysis) is 1. The molecule has 0 aromatic heterocycles. The predicted octanol–water partition coefficient (Wildman–Crippen LogP) is 3.61. The van der Waals surface area contributed by atoms with Crippen LogP contribution in [-0.4, -0.2) is 74.6 Å². The zero-order valence-corrected chi connectivity index (χ0v) is 22.9. The molecule has 2 aliphatic heterocycles. The van der Waals surface area contributed by atoms with Crippen LogP contribution in [0, 0.1) is 11.7 Å². The standard InChI is InChI=1S/C30H40FN3O5/c1-3-21-8-4-9-22(18-21)27-24(11-5-12-25(27)31)30(37,13-7-16-39-29(36)32-2)23-10-6-15-34(20-23)28(35)26-19-33-14-17-38-26/h4-5,8-9,11-12,18,23,26,33,37H,3,6-7,10,13-17,19-20H2,1-2H3,(H,32,36). The highest BCUT2D eigenvalue weighted by molar-refractivity contribution is 5.81. The zero-order chi connectivity index (χ0) is 27.8. The number of nitrogens with one attached hydrogen (secondary N) is 2. The lowest BCUT2D eigenvalue weighted by Gasteiger charge is -2.44. The molecule has 0 bridgehead atoms. The Morgan fingerprint density at radius 1 is 1.28 bits per heavy atom. The Labute approximate surface area is 229 Å². The molecular formula is C30H40FN3O5. The van der Waals surface area contributed by atoms with Crippen molar-refractivity contribution in [1.29, 1.82) is 0 Å². The molecule has 4 rings (SSSR count). The molecule has 212 valence electrons. The number of ether oxygens (including phenoxy) is 2. The van der Waals surface area contributed by atoms with E-state index in [1.807, 2.05) is 31.2 Å². The van der Waals surface area contributed by atoms with Gasteiger partial charge >= 0.3 is 6.09 Å². The quantitative estimate of drug-likeness (QED) is 0.420. The number of hydrogen-bond donors (Lipinski definition) is 3. The molecule has 2 aromatic carbocycles. The van der Waals surface area contributed by atoms with Gasteiger partial charge in [0.25, 0.3) is 5.91 Å². The van der Waals surface area contributed by atoms with Crippen molar-refractivity contribution in [2.75, 3.05) is 46.4 Å². The van der Waals surface area contributed by atoms with Gasteiger partial charge in [0.2, 0.25) is 0 Å². The van der Waals surface area contributed by atoms with E-state index in [0.717, 1.165) is 12.0 Å². The van der Waals surface area contributed by atoms with Gasteiger partial charge in [-0.25, -0.2) is 9.18 Å². The fraction of sp³-hybridized carbons (Fsp3) is 0.533. The fourth-order valence-electron chi connectivity index (χ4n) is 5.76. The maximum Gasteiger partial charge on any atom is 0.406 e. The van der Waals surface area contributed by atoms with Gasteiger partial charge in [0.1, 0.15) is 11.9 Å². The van der Waals surface area contributed by atoms with Crippen molar-refractivity contribution < 1.29 is 28.6 Å². The van der Waals surface area contributed by atoms with Gasteiger partial charge in [-0.15, -0.1) is 0 Å². The number of likely N-dealkylation sites (tertiary alicyclic amines) is 1. The number of piperidine rings is 1. The molecule has 0 saturated carbocycles. The second-order valence-electron chi connectivity index (χ2n) is 10.3. The summed E-state index contributed by atoms with van der Waals surface area (Å²) in [5.41, 5.74) is 1.17. The Hall–Kier alpha value is -3.01. The number of carbonyl (C=O) groups is 2. The van der Waals surface area contributed by atoms with Crippen LogP contribution in [0.15, 0.2) is 42.5 Å². The van der Waals surface area contributed by atoms with Crippen molar-refractivity contribution in [3.05, 3.63) is 59.4 Å². The van der Waals surface area contributed by atoms with E-state index < -0.39 is 23.6 Å². The molecule has 39 heavy (non-hydrogen) atoms. The Morgan fingerprint density at radius 3 is 2.85 bits per heavy atom. The third kappa shape index (κ3) is 6.77. The smallest absolute Gasteiger partial charge is 0.406 e. The molecule has 9 heteroatoms. The van der Waals surface area contributed by atoms with E-state index in [-0.39, 0.29) is 24.9 Å². The summed E-state index contributed by atoms with van der Waals surface area (Å²) in [4.78, 5) is 26.7. The Balaban J connectivity index is 1.68. The molecule has 3 unspecified atom stereocenters. The van der Waals surface area contributed by atoms with E-state index in [2.05, 4.69) is 10.6 Å². The predicted molar refractivity (Wildman–Crippen MR) is 147 cm³/mol. The molecule has 2 aromatic rings. The molecule has 3 N–H and O–H groups in total. The molecule has 2 fully saturated rings. The van der Waals surface area contributed by atoms with Crippen molar-refractivity contribution >= 4 is 12.0 Å². The van der Waals surface area contributed by atoms with E-state index in [1.54, 1.807) is 17.0 Å². The minimum Gasteiger partial charge on any atom is -0.450 e. The van der Waals surface area contributed by atoms with E-state index in [4.69, 9.17) is 9.47 Å². The van der Waals surface area contributed by atoms with Gasteiger partial charge in [-0.1, -0.05) is 43.3 Å². The van der Waals surface area contributed by atoms with Gasteiger partial charge in [0.05, 0.1) is 18.8 Å². The third-order valence-corrected chi connectivity index (χ3v) is 7.85. The van der Waals surface area contributed by atoms with Crippen LogP contribution in [-0.2, 0) is 26.3 Å². The van der Waals surface area contributed by atoms with Crippen LogP contribution in [0.2, 0.25) is 0 Å². The first kappa shape index (κ1) is 29.0. The number of nitrogens with zero attached hydrogens (tertiary/aromatic N) is 1. The summed E-state index contributed by atoms with van der Waals surface area (Å²) in [7, 11) is 1.49. The zero-order valence-electron chi connectivity index (χ0n) is 22.9. The van der Waals surface area contributed by atoms with E-state index in [0.29, 0.717) is 68.7 Å². The molecular weight excluding hydrogens is 501 g/mol. The monoisotopic (exact) mass is 541 g/mol. The van der Waals surface area contributed by atoms with Crippen LogP contribution in [0.4, 0.5) is 9.18 Å². The number of carbonyl (C=O) groups excluding carboxylic acids is 2. The number of benzene rings is 2. The first-order chi connectivity index (χ1) is 18.9. The average Bonchev–Trinajstić information content (AvgIpc) is 2.99. The van der Waals surface area contributed by atoms with Gasteiger partial charge < -0.3 is 30.1 Å². The van der Waals surface area contributed by atoms with Gasteiger partial charge in [-0.2, -0.15) is 0 Å². The Kier molecular flexibility index (Phi) is 9.94. The van der Waals surface area contributed by atoms with Crippen LogP contribution in [0.3, 0.4) is 0 Å². The van der Waals surface area contributed by atoms with Crippen LogP contribution < -0.4 is 10.6 Å². The van der Waals surface area contributed by atoms with Gasteiger partial charge in [0, 0.05) is 44.7 Å². The summed E-state index contributed by atoms with van der Waals surface area (Å²) in [6.07, 6.45) is 1.70. The lowest BCUT2D eigenvalue weighted by molar-refractivity contribution is -0.150. The Bertz CT molecular complexity index is 1140. The van der Waals surface area contributed by atoms with E-state index in [1.165, 1.54) is 13.1 Å². The molecule has 8 nitrogen and oxygen atoms in total. The van der Waals surface area contributed by atoms with Gasteiger partial charge in [0.15, 0.2) is 0 Å². The number of amides is 2. The highest BCUT2D eigenvalue weighted by Crippen LogP contribution is 2.44. The molecule has 2 aliphatic rings. The molecule has 0 radical (unpaired) electrons. The first-order valence-corrected chi connectivity index (χ1v) is 13.9. The fourth-order valence-corrected chi connectivity index (χ4v) is 5.76. The maximum absolute atomic E-state index is 15.6. The average molecular weight is 542 g/mol. The van der Waals surface area contributed by atoms with Crippen LogP contribution in [0.1, 0.15) is 43.7 Å². The van der Waals surface area contributed by atoms with E-state index >= 15 is 4.39 Å². The normalized spacial score (nSPS) is 21.2. The molecule has 0 spiro atoms. The molecule has 2 amide bonds. The SMILES string of the molecule is CCc1cccc(-c2c(F)cccc2C(O)(CCCOC(=O)NC)C2CCCN(C(=O)C3CNCCO3)C2)c1. The summed E-state index contributed by atoms with van der Waals surface area (Å²) in [5, 5.41) is 18.2. The highest BCUT2D eigenvalue weighted by atomic mass is 19.1. The van der Waals surface area contributed by atoms with Gasteiger partial charge in [-0.05, 0) is 54.9 Å². The van der Waals surface area contributed by atoms with Crippen molar-refractivity contribution in [3.8, 4) is 11.1 Å².